The number of carbonyl (C=O) groups excluding carboxylic acids is 1. The Hall–Kier alpha value is -2.05. The zero-order valence-corrected chi connectivity index (χ0v) is 13.6. The molecule has 0 spiro atoms. The van der Waals surface area contributed by atoms with Crippen molar-refractivity contribution >= 4 is 38.3 Å². The molecule has 0 unspecified atom stereocenters. The van der Waals surface area contributed by atoms with E-state index >= 15 is 0 Å². The number of carbonyl (C=O) groups is 1. The monoisotopic (exact) mass is 376 g/mol. The van der Waals surface area contributed by atoms with Crippen LogP contribution in [-0.2, 0) is 0 Å². The third kappa shape index (κ3) is 3.23. The van der Waals surface area contributed by atoms with Crippen molar-refractivity contribution in [2.24, 2.45) is 0 Å². The summed E-state index contributed by atoms with van der Waals surface area (Å²) in [5.74, 6) is -1.06. The Morgan fingerprint density at radius 2 is 1.86 bits per heavy atom. The first-order valence-electron chi connectivity index (χ1n) is 6.41. The Labute approximate surface area is 139 Å². The molecule has 3 rings (SSSR count). The molecule has 0 saturated carbocycles. The van der Waals surface area contributed by atoms with E-state index in [4.69, 9.17) is 0 Å². The summed E-state index contributed by atoms with van der Waals surface area (Å²) < 4.78 is 14.6. The molecule has 0 aliphatic carbocycles. The Balaban J connectivity index is 1.78. The maximum absolute atomic E-state index is 13.6. The largest absolute Gasteiger partial charge is 0.298 e. The second-order valence-corrected chi connectivity index (χ2v) is 6.25. The minimum Gasteiger partial charge on any atom is -0.298 e. The van der Waals surface area contributed by atoms with E-state index in [0.29, 0.717) is 5.13 Å². The van der Waals surface area contributed by atoms with Gasteiger partial charge in [0.05, 0.1) is 11.3 Å². The van der Waals surface area contributed by atoms with Crippen LogP contribution in [0.1, 0.15) is 10.4 Å². The van der Waals surface area contributed by atoms with Gasteiger partial charge in [0.2, 0.25) is 0 Å². The molecule has 3 nitrogen and oxygen atoms in total. The van der Waals surface area contributed by atoms with E-state index in [2.05, 4.69) is 26.2 Å². The number of anilines is 1. The molecule has 110 valence electrons. The minimum atomic E-state index is -0.551. The fraction of sp³-hybridized carbons (Fsp3) is 0. The van der Waals surface area contributed by atoms with Crippen LogP contribution in [0.4, 0.5) is 9.52 Å². The number of halogens is 2. The highest BCUT2D eigenvalue weighted by Gasteiger charge is 2.13. The SMILES string of the molecule is O=C(Nc1nc(-c2ccc(Br)cc2)cs1)c1ccccc1F. The molecule has 1 N–H and O–H groups in total. The molecule has 1 heterocycles. The number of amides is 1. The highest BCUT2D eigenvalue weighted by atomic mass is 79.9. The van der Waals surface area contributed by atoms with E-state index in [-0.39, 0.29) is 5.56 Å². The van der Waals surface area contributed by atoms with Crippen LogP contribution in [0.15, 0.2) is 58.4 Å². The molecule has 0 aliphatic heterocycles. The highest BCUT2D eigenvalue weighted by Crippen LogP contribution is 2.26. The van der Waals surface area contributed by atoms with Crippen molar-refractivity contribution in [3.8, 4) is 11.3 Å². The van der Waals surface area contributed by atoms with Crippen LogP contribution >= 0.6 is 27.3 Å². The van der Waals surface area contributed by atoms with Crippen LogP contribution in [-0.4, -0.2) is 10.9 Å². The zero-order chi connectivity index (χ0) is 15.5. The number of rotatable bonds is 3. The van der Waals surface area contributed by atoms with E-state index in [9.17, 15) is 9.18 Å². The first-order valence-corrected chi connectivity index (χ1v) is 8.08. The Morgan fingerprint density at radius 1 is 1.14 bits per heavy atom. The van der Waals surface area contributed by atoms with Gasteiger partial charge in [0.15, 0.2) is 5.13 Å². The molecule has 2 aromatic carbocycles. The van der Waals surface area contributed by atoms with Crippen molar-refractivity contribution in [2.45, 2.75) is 0 Å². The standard InChI is InChI=1S/C16H10BrFN2OS/c17-11-7-5-10(6-8-11)14-9-22-16(19-14)20-15(21)12-3-1-2-4-13(12)18/h1-9H,(H,19,20,21). The lowest BCUT2D eigenvalue weighted by Gasteiger charge is -2.02. The Bertz CT molecular complexity index is 817. The molecule has 0 fully saturated rings. The second kappa shape index (κ2) is 6.37. The molecular formula is C16H10BrFN2OS. The van der Waals surface area contributed by atoms with Crippen LogP contribution in [0.3, 0.4) is 0 Å². The fourth-order valence-corrected chi connectivity index (χ4v) is 2.87. The van der Waals surface area contributed by atoms with Crippen molar-refractivity contribution in [3.63, 3.8) is 0 Å². The van der Waals surface area contributed by atoms with Crippen LogP contribution in [0.5, 0.6) is 0 Å². The molecule has 0 aliphatic rings. The normalized spacial score (nSPS) is 10.5. The van der Waals surface area contributed by atoms with Crippen molar-refractivity contribution in [1.82, 2.24) is 4.98 Å². The summed E-state index contributed by atoms with van der Waals surface area (Å²) >= 11 is 4.68. The summed E-state index contributed by atoms with van der Waals surface area (Å²) in [4.78, 5) is 16.4. The topological polar surface area (TPSA) is 42.0 Å². The van der Waals surface area contributed by atoms with Gasteiger partial charge in [-0.1, -0.05) is 40.2 Å². The third-order valence-electron chi connectivity index (χ3n) is 2.98. The van der Waals surface area contributed by atoms with Crippen molar-refractivity contribution in [3.05, 3.63) is 69.8 Å². The summed E-state index contributed by atoms with van der Waals surface area (Å²) in [6.07, 6.45) is 0. The Morgan fingerprint density at radius 3 is 2.59 bits per heavy atom. The van der Waals surface area contributed by atoms with Gasteiger partial charge in [0.25, 0.3) is 5.91 Å². The molecule has 0 saturated heterocycles. The molecule has 0 atom stereocenters. The van der Waals surface area contributed by atoms with Crippen LogP contribution in [0.2, 0.25) is 0 Å². The van der Waals surface area contributed by atoms with Gasteiger partial charge in [-0.3, -0.25) is 10.1 Å². The van der Waals surface area contributed by atoms with Gasteiger partial charge in [-0.15, -0.1) is 11.3 Å². The molecule has 1 aromatic heterocycles. The van der Waals surface area contributed by atoms with Crippen LogP contribution in [0, 0.1) is 5.82 Å². The smallest absolute Gasteiger partial charge is 0.260 e. The lowest BCUT2D eigenvalue weighted by atomic mass is 10.2. The highest BCUT2D eigenvalue weighted by molar-refractivity contribution is 9.10. The molecule has 3 aromatic rings. The maximum atomic E-state index is 13.6. The predicted octanol–water partition coefficient (Wildman–Crippen LogP) is 4.96. The minimum absolute atomic E-state index is 0.00268. The summed E-state index contributed by atoms with van der Waals surface area (Å²) in [6, 6.07) is 13.6. The van der Waals surface area contributed by atoms with E-state index < -0.39 is 11.7 Å². The van der Waals surface area contributed by atoms with Crippen LogP contribution in [0.25, 0.3) is 11.3 Å². The van der Waals surface area contributed by atoms with Crippen molar-refractivity contribution < 1.29 is 9.18 Å². The fourth-order valence-electron chi connectivity index (χ4n) is 1.89. The Kier molecular flexibility index (Phi) is 4.31. The van der Waals surface area contributed by atoms with Crippen LogP contribution < -0.4 is 5.32 Å². The van der Waals surface area contributed by atoms with Crippen molar-refractivity contribution in [1.29, 1.82) is 0 Å². The van der Waals surface area contributed by atoms with Crippen molar-refractivity contribution in [2.75, 3.05) is 5.32 Å². The summed E-state index contributed by atoms with van der Waals surface area (Å²) in [5.41, 5.74) is 1.72. The number of aromatic nitrogens is 1. The summed E-state index contributed by atoms with van der Waals surface area (Å²) in [6.45, 7) is 0. The average molecular weight is 377 g/mol. The number of nitrogens with zero attached hydrogens (tertiary/aromatic N) is 1. The number of thiazole rings is 1. The maximum Gasteiger partial charge on any atom is 0.260 e. The van der Waals surface area contributed by atoms with E-state index in [1.807, 2.05) is 29.6 Å². The van der Waals surface area contributed by atoms with Gasteiger partial charge in [0.1, 0.15) is 5.82 Å². The van der Waals surface area contributed by atoms with Gasteiger partial charge in [-0.05, 0) is 24.3 Å². The third-order valence-corrected chi connectivity index (χ3v) is 4.27. The predicted molar refractivity (Wildman–Crippen MR) is 89.6 cm³/mol. The lowest BCUT2D eigenvalue weighted by molar-refractivity contribution is 0.102. The molecule has 0 bridgehead atoms. The molecule has 22 heavy (non-hydrogen) atoms. The van der Waals surface area contributed by atoms with Gasteiger partial charge < -0.3 is 0 Å². The number of nitrogens with one attached hydrogen (secondary N) is 1. The molecule has 6 heteroatoms. The number of hydrogen-bond acceptors (Lipinski definition) is 3. The average Bonchev–Trinajstić information content (AvgIpc) is 2.97. The molecular weight excluding hydrogens is 367 g/mol. The second-order valence-electron chi connectivity index (χ2n) is 4.48. The van der Waals surface area contributed by atoms with Gasteiger partial charge in [0, 0.05) is 15.4 Å². The summed E-state index contributed by atoms with van der Waals surface area (Å²) in [7, 11) is 0. The quantitative estimate of drug-likeness (QED) is 0.701. The summed E-state index contributed by atoms with van der Waals surface area (Å²) in [5, 5.41) is 4.90. The molecule has 0 radical (unpaired) electrons. The van der Waals surface area contributed by atoms with E-state index in [1.165, 1.54) is 23.5 Å². The number of benzene rings is 2. The van der Waals surface area contributed by atoms with E-state index in [1.54, 1.807) is 12.1 Å². The lowest BCUT2D eigenvalue weighted by Crippen LogP contribution is -2.13. The first kappa shape index (κ1) is 14.9. The van der Waals surface area contributed by atoms with Gasteiger partial charge in [-0.2, -0.15) is 0 Å². The van der Waals surface area contributed by atoms with Gasteiger partial charge >= 0.3 is 0 Å². The molecule has 1 amide bonds. The van der Waals surface area contributed by atoms with Gasteiger partial charge in [-0.25, -0.2) is 9.37 Å². The first-order chi connectivity index (χ1) is 10.6. The number of hydrogen-bond donors (Lipinski definition) is 1. The van der Waals surface area contributed by atoms with E-state index in [0.717, 1.165) is 15.7 Å². The zero-order valence-electron chi connectivity index (χ0n) is 11.2.